The first-order valence-corrected chi connectivity index (χ1v) is 8.46. The second kappa shape index (κ2) is 7.99. The molecule has 0 aliphatic rings. The van der Waals surface area contributed by atoms with Crippen molar-refractivity contribution in [1.29, 1.82) is 0 Å². The molecule has 1 aromatic heterocycles. The van der Waals surface area contributed by atoms with Crippen molar-refractivity contribution >= 4 is 23.3 Å². The maximum Gasteiger partial charge on any atom is 0.257 e. The molecule has 26 heavy (non-hydrogen) atoms. The highest BCUT2D eigenvalue weighted by Crippen LogP contribution is 2.22. The molecule has 2 aromatic rings. The minimum atomic E-state index is -0.241. The Hall–Kier alpha value is -2.89. The van der Waals surface area contributed by atoms with Crippen molar-refractivity contribution in [3.8, 4) is 0 Å². The number of hydrogen-bond donors (Lipinski definition) is 1. The van der Waals surface area contributed by atoms with E-state index in [1.165, 1.54) is 4.90 Å². The number of aryl methyl sites for hydroxylation is 3. The van der Waals surface area contributed by atoms with Crippen LogP contribution in [-0.2, 0) is 4.79 Å². The van der Waals surface area contributed by atoms with Gasteiger partial charge in [-0.3, -0.25) is 9.59 Å². The Morgan fingerprint density at radius 2 is 1.69 bits per heavy atom. The largest absolute Gasteiger partial charge is 0.362 e. The van der Waals surface area contributed by atoms with Crippen molar-refractivity contribution in [1.82, 2.24) is 9.88 Å². The summed E-state index contributed by atoms with van der Waals surface area (Å²) in [7, 11) is 5.27. The molecule has 2 amide bonds. The van der Waals surface area contributed by atoms with E-state index in [0.717, 1.165) is 22.4 Å². The molecule has 138 valence electrons. The highest BCUT2D eigenvalue weighted by molar-refractivity contribution is 6.02. The summed E-state index contributed by atoms with van der Waals surface area (Å²) >= 11 is 0. The second-order valence-corrected chi connectivity index (χ2v) is 6.75. The number of benzene rings is 1. The van der Waals surface area contributed by atoms with Gasteiger partial charge in [-0.05, 0) is 44.0 Å². The lowest BCUT2D eigenvalue weighted by Gasteiger charge is -2.21. The van der Waals surface area contributed by atoms with E-state index in [9.17, 15) is 9.59 Å². The van der Waals surface area contributed by atoms with Gasteiger partial charge in [-0.25, -0.2) is 4.98 Å². The number of hydrogen-bond acceptors (Lipinski definition) is 4. The lowest BCUT2D eigenvalue weighted by atomic mass is 10.1. The molecule has 0 saturated carbocycles. The van der Waals surface area contributed by atoms with Gasteiger partial charge in [0.15, 0.2) is 0 Å². The molecule has 0 fully saturated rings. The normalized spacial score (nSPS) is 10.4. The minimum Gasteiger partial charge on any atom is -0.362 e. The van der Waals surface area contributed by atoms with Gasteiger partial charge in [0.2, 0.25) is 5.91 Å². The van der Waals surface area contributed by atoms with Gasteiger partial charge >= 0.3 is 0 Å². The van der Waals surface area contributed by atoms with Crippen LogP contribution in [0.5, 0.6) is 0 Å². The van der Waals surface area contributed by atoms with Crippen LogP contribution in [0.15, 0.2) is 30.5 Å². The Labute approximate surface area is 154 Å². The predicted molar refractivity (Wildman–Crippen MR) is 105 cm³/mol. The molecule has 0 spiro atoms. The molecule has 0 atom stereocenters. The average molecular weight is 354 g/mol. The number of likely N-dealkylation sites (N-methyl/N-ethyl adjacent to an activating group) is 1. The van der Waals surface area contributed by atoms with E-state index in [2.05, 4.69) is 10.3 Å². The fourth-order valence-electron chi connectivity index (χ4n) is 2.97. The standard InChI is InChI=1S/C20H26N4O2/c1-13-10-14(2)18(15(3)11-13)22-17(25)12-24(6)20(26)16-8-7-9-21-19(16)23(4)5/h7-11H,12H2,1-6H3,(H,22,25). The van der Waals surface area contributed by atoms with Crippen LogP contribution in [0.4, 0.5) is 11.5 Å². The molecule has 0 saturated heterocycles. The minimum absolute atomic E-state index is 0.0344. The van der Waals surface area contributed by atoms with Gasteiger partial charge in [-0.1, -0.05) is 17.7 Å². The van der Waals surface area contributed by atoms with Crippen LogP contribution in [0, 0.1) is 20.8 Å². The molecule has 1 N–H and O–H groups in total. The number of carbonyl (C=O) groups excluding carboxylic acids is 2. The molecular formula is C20H26N4O2. The van der Waals surface area contributed by atoms with Crippen molar-refractivity contribution < 1.29 is 9.59 Å². The number of pyridine rings is 1. The van der Waals surface area contributed by atoms with Crippen LogP contribution in [-0.4, -0.2) is 49.4 Å². The van der Waals surface area contributed by atoms with Gasteiger partial charge in [0.1, 0.15) is 5.82 Å². The van der Waals surface area contributed by atoms with Crippen LogP contribution in [0.3, 0.4) is 0 Å². The molecule has 1 heterocycles. The van der Waals surface area contributed by atoms with E-state index >= 15 is 0 Å². The van der Waals surface area contributed by atoms with Gasteiger partial charge in [-0.2, -0.15) is 0 Å². The summed E-state index contributed by atoms with van der Waals surface area (Å²) in [6.07, 6.45) is 1.64. The SMILES string of the molecule is Cc1cc(C)c(NC(=O)CN(C)C(=O)c2cccnc2N(C)C)c(C)c1. The average Bonchev–Trinajstić information content (AvgIpc) is 2.57. The third kappa shape index (κ3) is 4.39. The molecule has 6 heteroatoms. The maximum absolute atomic E-state index is 12.7. The fraction of sp³-hybridized carbons (Fsp3) is 0.350. The number of carbonyl (C=O) groups is 2. The number of nitrogens with one attached hydrogen (secondary N) is 1. The molecule has 0 unspecified atom stereocenters. The Morgan fingerprint density at radius 3 is 2.27 bits per heavy atom. The van der Waals surface area contributed by atoms with Gasteiger partial charge < -0.3 is 15.1 Å². The summed E-state index contributed by atoms with van der Waals surface area (Å²) in [5.41, 5.74) is 4.43. The first-order chi connectivity index (χ1) is 12.2. The molecule has 0 bridgehead atoms. The Balaban J connectivity index is 2.12. The van der Waals surface area contributed by atoms with Gasteiger partial charge in [0.25, 0.3) is 5.91 Å². The monoisotopic (exact) mass is 354 g/mol. The van der Waals surface area contributed by atoms with Crippen molar-refractivity contribution in [3.05, 3.63) is 52.7 Å². The zero-order chi connectivity index (χ0) is 19.4. The summed E-state index contributed by atoms with van der Waals surface area (Å²) in [5.74, 6) is 0.107. The topological polar surface area (TPSA) is 65.5 Å². The summed E-state index contributed by atoms with van der Waals surface area (Å²) < 4.78 is 0. The van der Waals surface area contributed by atoms with Crippen molar-refractivity contribution in [2.75, 3.05) is 37.9 Å². The quantitative estimate of drug-likeness (QED) is 0.897. The number of amides is 2. The summed E-state index contributed by atoms with van der Waals surface area (Å²) in [6.45, 7) is 5.91. The number of anilines is 2. The molecule has 6 nitrogen and oxygen atoms in total. The lowest BCUT2D eigenvalue weighted by molar-refractivity contribution is -0.116. The number of nitrogens with zero attached hydrogens (tertiary/aromatic N) is 3. The van der Waals surface area contributed by atoms with Crippen LogP contribution >= 0.6 is 0 Å². The Bertz CT molecular complexity index is 807. The molecule has 1 aromatic carbocycles. The summed E-state index contributed by atoms with van der Waals surface area (Å²) in [6, 6.07) is 7.48. The zero-order valence-corrected chi connectivity index (χ0v) is 16.3. The highest BCUT2D eigenvalue weighted by Gasteiger charge is 2.20. The van der Waals surface area contributed by atoms with Crippen LogP contribution in [0.2, 0.25) is 0 Å². The first kappa shape index (κ1) is 19.4. The maximum atomic E-state index is 12.7. The van der Waals surface area contributed by atoms with Gasteiger partial charge in [0, 0.05) is 33.0 Å². The number of aromatic nitrogens is 1. The third-order valence-electron chi connectivity index (χ3n) is 4.11. The van der Waals surface area contributed by atoms with Crippen LogP contribution in [0.25, 0.3) is 0 Å². The second-order valence-electron chi connectivity index (χ2n) is 6.75. The van der Waals surface area contributed by atoms with Crippen LogP contribution < -0.4 is 10.2 Å². The molecular weight excluding hydrogens is 328 g/mol. The molecule has 2 rings (SSSR count). The van der Waals surface area contributed by atoms with Crippen LogP contribution in [0.1, 0.15) is 27.0 Å². The highest BCUT2D eigenvalue weighted by atomic mass is 16.2. The lowest BCUT2D eigenvalue weighted by Crippen LogP contribution is -2.36. The fourth-order valence-corrected chi connectivity index (χ4v) is 2.97. The third-order valence-corrected chi connectivity index (χ3v) is 4.11. The Morgan fingerprint density at radius 1 is 1.08 bits per heavy atom. The van der Waals surface area contributed by atoms with E-state index in [0.29, 0.717) is 11.4 Å². The van der Waals surface area contributed by atoms with Gasteiger partial charge in [0.05, 0.1) is 12.1 Å². The van der Waals surface area contributed by atoms with Gasteiger partial charge in [-0.15, -0.1) is 0 Å². The van der Waals surface area contributed by atoms with Crippen molar-refractivity contribution in [2.24, 2.45) is 0 Å². The zero-order valence-electron chi connectivity index (χ0n) is 16.3. The first-order valence-electron chi connectivity index (χ1n) is 8.46. The predicted octanol–water partition coefficient (Wildman–Crippen LogP) is 2.78. The molecule has 0 aliphatic carbocycles. The molecule has 0 aliphatic heterocycles. The van der Waals surface area contributed by atoms with E-state index in [4.69, 9.17) is 0 Å². The van der Waals surface area contributed by atoms with Crippen molar-refractivity contribution in [2.45, 2.75) is 20.8 Å². The van der Waals surface area contributed by atoms with E-state index in [1.54, 1.807) is 30.3 Å². The Kier molecular flexibility index (Phi) is 5.97. The van der Waals surface area contributed by atoms with E-state index in [1.807, 2.05) is 47.0 Å². The van der Waals surface area contributed by atoms with Crippen molar-refractivity contribution in [3.63, 3.8) is 0 Å². The number of rotatable bonds is 5. The summed E-state index contributed by atoms with van der Waals surface area (Å²) in [4.78, 5) is 32.6. The smallest absolute Gasteiger partial charge is 0.257 e. The van der Waals surface area contributed by atoms with E-state index < -0.39 is 0 Å². The molecule has 0 radical (unpaired) electrons. The van der Waals surface area contributed by atoms with E-state index in [-0.39, 0.29) is 18.4 Å². The summed E-state index contributed by atoms with van der Waals surface area (Å²) in [5, 5.41) is 2.92.